The molecular weight excluding hydrogens is 291 g/mol. The lowest BCUT2D eigenvalue weighted by Gasteiger charge is -2.10. The Labute approximate surface area is 124 Å². The van der Waals surface area contributed by atoms with Gasteiger partial charge < -0.3 is 4.98 Å². The van der Waals surface area contributed by atoms with Crippen LogP contribution in [-0.2, 0) is 6.18 Å². The molecule has 0 aliphatic heterocycles. The number of Topliss-reactive ketones (excluding diaryl/α,β-unsaturated/α-hetero) is 1. The van der Waals surface area contributed by atoms with Crippen LogP contribution in [0.2, 0.25) is 0 Å². The number of H-pyrrole nitrogens is 1. The van der Waals surface area contributed by atoms with Crippen LogP contribution in [0, 0.1) is 0 Å². The molecule has 1 aromatic heterocycles. The van der Waals surface area contributed by atoms with Gasteiger partial charge in [0.2, 0.25) is 0 Å². The highest BCUT2D eigenvalue weighted by atomic mass is 19.4. The van der Waals surface area contributed by atoms with E-state index < -0.39 is 17.5 Å². The number of carbonyl (C=O) groups excluding carboxylic acids is 1. The minimum absolute atomic E-state index is 0.0169. The maximum absolute atomic E-state index is 13.6. The lowest BCUT2D eigenvalue weighted by atomic mass is 9.99. The number of aromatic nitrogens is 1. The third kappa shape index (κ3) is 2.28. The van der Waals surface area contributed by atoms with Gasteiger partial charge in [0.25, 0.3) is 0 Å². The number of aromatic amines is 1. The molecule has 5 heteroatoms. The molecule has 22 heavy (non-hydrogen) atoms. The molecule has 0 saturated heterocycles. The van der Waals surface area contributed by atoms with Crippen LogP contribution in [0.1, 0.15) is 22.8 Å². The van der Waals surface area contributed by atoms with Gasteiger partial charge in [-0.1, -0.05) is 42.5 Å². The lowest BCUT2D eigenvalue weighted by Crippen LogP contribution is -2.07. The van der Waals surface area contributed by atoms with Gasteiger partial charge in [0.05, 0.1) is 11.3 Å². The number of hydrogen-bond donors (Lipinski definition) is 1. The minimum Gasteiger partial charge on any atom is -0.354 e. The standard InChI is InChI=1S/C17H12F3NO/c1-10(22)12-8-5-9-13-14(12)15(17(18,19)20)16(21-13)11-6-3-2-4-7-11/h2-9,21H,1H3. The molecule has 0 amide bonds. The van der Waals surface area contributed by atoms with Crippen LogP contribution in [0.3, 0.4) is 0 Å². The molecule has 112 valence electrons. The first-order chi connectivity index (χ1) is 10.4. The fourth-order valence-corrected chi connectivity index (χ4v) is 2.65. The van der Waals surface area contributed by atoms with E-state index in [4.69, 9.17) is 0 Å². The molecule has 3 rings (SSSR count). The normalized spacial score (nSPS) is 11.8. The summed E-state index contributed by atoms with van der Waals surface area (Å²) in [6, 6.07) is 12.8. The van der Waals surface area contributed by atoms with E-state index in [1.54, 1.807) is 42.5 Å². The van der Waals surface area contributed by atoms with Gasteiger partial charge in [-0.3, -0.25) is 4.79 Å². The quantitative estimate of drug-likeness (QED) is 0.660. The van der Waals surface area contributed by atoms with Crippen molar-refractivity contribution in [1.29, 1.82) is 0 Å². The summed E-state index contributed by atoms with van der Waals surface area (Å²) >= 11 is 0. The zero-order valence-corrected chi connectivity index (χ0v) is 11.7. The van der Waals surface area contributed by atoms with Crippen molar-refractivity contribution in [3.63, 3.8) is 0 Å². The Morgan fingerprint density at radius 2 is 1.68 bits per heavy atom. The predicted octanol–water partition coefficient (Wildman–Crippen LogP) is 5.06. The molecule has 0 bridgehead atoms. The van der Waals surface area contributed by atoms with Crippen LogP contribution in [0.4, 0.5) is 13.2 Å². The third-order valence-electron chi connectivity index (χ3n) is 3.55. The van der Waals surface area contributed by atoms with Gasteiger partial charge >= 0.3 is 6.18 Å². The van der Waals surface area contributed by atoms with Crippen LogP contribution in [0.5, 0.6) is 0 Å². The number of nitrogens with one attached hydrogen (secondary N) is 1. The van der Waals surface area contributed by atoms with Crippen molar-refractivity contribution in [3.05, 3.63) is 59.7 Å². The van der Waals surface area contributed by atoms with Crippen LogP contribution in [0.25, 0.3) is 22.2 Å². The molecular formula is C17H12F3NO. The summed E-state index contributed by atoms with van der Waals surface area (Å²) in [5.74, 6) is -0.394. The lowest BCUT2D eigenvalue weighted by molar-refractivity contribution is -0.135. The second-order valence-corrected chi connectivity index (χ2v) is 5.02. The molecule has 0 spiro atoms. The van der Waals surface area contributed by atoms with Crippen LogP contribution in [-0.4, -0.2) is 10.8 Å². The molecule has 0 radical (unpaired) electrons. The first-order valence-electron chi connectivity index (χ1n) is 6.68. The summed E-state index contributed by atoms with van der Waals surface area (Å²) in [6.45, 7) is 1.27. The van der Waals surface area contributed by atoms with Crippen molar-refractivity contribution < 1.29 is 18.0 Å². The van der Waals surface area contributed by atoms with Gasteiger partial charge in [-0.15, -0.1) is 0 Å². The molecule has 1 heterocycles. The zero-order chi connectivity index (χ0) is 15.9. The van der Waals surface area contributed by atoms with E-state index in [1.807, 2.05) is 0 Å². The first-order valence-corrected chi connectivity index (χ1v) is 6.68. The van der Waals surface area contributed by atoms with Crippen molar-refractivity contribution >= 4 is 16.7 Å². The molecule has 0 aliphatic carbocycles. The highest BCUT2D eigenvalue weighted by molar-refractivity contribution is 6.09. The monoisotopic (exact) mass is 303 g/mol. The van der Waals surface area contributed by atoms with Crippen LogP contribution >= 0.6 is 0 Å². The molecule has 1 N–H and O–H groups in total. The first kappa shape index (κ1) is 14.4. The van der Waals surface area contributed by atoms with Gasteiger partial charge in [0, 0.05) is 16.5 Å². The Hall–Kier alpha value is -2.56. The summed E-state index contributed by atoms with van der Waals surface area (Å²) < 4.78 is 40.8. The predicted molar refractivity (Wildman–Crippen MR) is 78.7 cm³/mol. The van der Waals surface area contributed by atoms with Crippen molar-refractivity contribution in [2.24, 2.45) is 0 Å². The van der Waals surface area contributed by atoms with Gasteiger partial charge in [0.1, 0.15) is 0 Å². The molecule has 0 fully saturated rings. The molecule has 3 aromatic rings. The van der Waals surface area contributed by atoms with E-state index in [9.17, 15) is 18.0 Å². The van der Waals surface area contributed by atoms with Crippen LogP contribution < -0.4 is 0 Å². The summed E-state index contributed by atoms with van der Waals surface area (Å²) in [5, 5.41) is -0.0682. The number of fused-ring (bicyclic) bond motifs is 1. The maximum atomic E-state index is 13.6. The summed E-state index contributed by atoms with van der Waals surface area (Å²) in [4.78, 5) is 14.5. The number of hydrogen-bond acceptors (Lipinski definition) is 1. The van der Waals surface area contributed by atoms with Crippen LogP contribution in [0.15, 0.2) is 48.5 Å². The number of alkyl halides is 3. The van der Waals surface area contributed by atoms with Crippen molar-refractivity contribution in [2.45, 2.75) is 13.1 Å². The number of rotatable bonds is 2. The Bertz CT molecular complexity index is 847. The zero-order valence-electron chi connectivity index (χ0n) is 11.7. The van der Waals surface area contributed by atoms with E-state index in [-0.39, 0.29) is 16.6 Å². The highest BCUT2D eigenvalue weighted by Gasteiger charge is 2.38. The average Bonchev–Trinajstić information content (AvgIpc) is 2.87. The Balaban J connectivity index is 2.44. The van der Waals surface area contributed by atoms with E-state index in [0.717, 1.165) is 0 Å². The van der Waals surface area contributed by atoms with Gasteiger partial charge in [0.15, 0.2) is 5.78 Å². The largest absolute Gasteiger partial charge is 0.419 e. The van der Waals surface area contributed by atoms with Crippen molar-refractivity contribution in [3.8, 4) is 11.3 Å². The Morgan fingerprint density at radius 3 is 2.27 bits per heavy atom. The minimum atomic E-state index is -4.56. The van der Waals surface area contributed by atoms with E-state index in [2.05, 4.69) is 4.98 Å². The fraction of sp³-hybridized carbons (Fsp3) is 0.118. The maximum Gasteiger partial charge on any atom is 0.419 e. The Morgan fingerprint density at radius 1 is 1.00 bits per heavy atom. The summed E-state index contributed by atoms with van der Waals surface area (Å²) in [7, 11) is 0. The summed E-state index contributed by atoms with van der Waals surface area (Å²) in [5.41, 5.74) is -0.000962. The molecule has 0 aliphatic rings. The smallest absolute Gasteiger partial charge is 0.354 e. The topological polar surface area (TPSA) is 32.9 Å². The van der Waals surface area contributed by atoms with Gasteiger partial charge in [-0.2, -0.15) is 13.2 Å². The molecule has 2 nitrogen and oxygen atoms in total. The highest BCUT2D eigenvalue weighted by Crippen LogP contribution is 2.43. The average molecular weight is 303 g/mol. The number of ketones is 1. The summed E-state index contributed by atoms with van der Waals surface area (Å²) in [6.07, 6.45) is -4.56. The fourth-order valence-electron chi connectivity index (χ4n) is 2.65. The van der Waals surface area contributed by atoms with E-state index in [0.29, 0.717) is 11.1 Å². The molecule has 0 unspecified atom stereocenters. The van der Waals surface area contributed by atoms with E-state index >= 15 is 0 Å². The van der Waals surface area contributed by atoms with Gasteiger partial charge in [-0.05, 0) is 18.6 Å². The van der Waals surface area contributed by atoms with E-state index in [1.165, 1.54) is 13.0 Å². The third-order valence-corrected chi connectivity index (χ3v) is 3.55. The number of benzene rings is 2. The van der Waals surface area contributed by atoms with Gasteiger partial charge in [-0.25, -0.2) is 0 Å². The second-order valence-electron chi connectivity index (χ2n) is 5.02. The SMILES string of the molecule is CC(=O)c1cccc2[nH]c(-c3ccccc3)c(C(F)(F)F)c12. The number of halogens is 3. The molecule has 0 atom stereocenters. The second kappa shape index (κ2) is 5.02. The van der Waals surface area contributed by atoms with Crippen molar-refractivity contribution in [1.82, 2.24) is 4.98 Å². The number of carbonyl (C=O) groups is 1. The molecule has 2 aromatic carbocycles. The Kier molecular flexibility index (Phi) is 3.28. The van der Waals surface area contributed by atoms with Crippen molar-refractivity contribution in [2.75, 3.05) is 0 Å². The molecule has 0 saturated carbocycles.